The minimum atomic E-state index is -3.08. The number of hydrogen-bond donors (Lipinski definition) is 0. The number of para-hydroxylation sites is 4. The highest BCUT2D eigenvalue weighted by atomic mass is 28.3. The minimum absolute atomic E-state index is 0.815. The van der Waals surface area contributed by atoms with Crippen LogP contribution in [-0.4, -0.2) is 8.07 Å². The standard InChI is InChI=1S/C92H62N2O2Si/c1-61-29-23-48-74-75-49-27-55-84(90(75)95-88(61)74)94(82-53-25-33-63-31-18-20-45-71(63)82)85-60-80-87(73-47-22-21-46-72(73)85)78-58-57-66(59-79(78)92(80,64-34-7-2-8-35-64)65-36-9-3-10-37-65)93(81-52-24-32-62-30-17-19-44-70(62)81)83-54-26-50-76-77-51-28-56-86(91(77)96-89(76)83)97(67-38-11-4-12-39-67,68-40-13-5-14-41-68)69-42-15-6-16-43-69/h2-60H,1H3. The summed E-state index contributed by atoms with van der Waals surface area (Å²) in [6.45, 7) is 2.14. The second-order valence-corrected chi connectivity index (χ2v) is 29.5. The van der Waals surface area contributed by atoms with Crippen molar-refractivity contribution in [2.24, 2.45) is 0 Å². The first-order valence-corrected chi connectivity index (χ1v) is 35.5. The Bertz CT molecular complexity index is 5960. The molecule has 0 amide bonds. The lowest BCUT2D eigenvalue weighted by atomic mass is 9.67. The van der Waals surface area contributed by atoms with Crippen molar-refractivity contribution in [2.45, 2.75) is 12.3 Å². The van der Waals surface area contributed by atoms with Crippen LogP contribution in [0.2, 0.25) is 0 Å². The third kappa shape index (κ3) is 8.42. The van der Waals surface area contributed by atoms with Crippen LogP contribution < -0.4 is 30.5 Å². The monoisotopic (exact) mass is 1250 g/mol. The molecular weight excluding hydrogens is 1190 g/mol. The predicted molar refractivity (Wildman–Crippen MR) is 409 cm³/mol. The van der Waals surface area contributed by atoms with Gasteiger partial charge in [0, 0.05) is 43.4 Å². The van der Waals surface area contributed by atoms with Gasteiger partial charge in [0.15, 0.2) is 19.2 Å². The molecule has 0 saturated carbocycles. The van der Waals surface area contributed by atoms with E-state index in [1.807, 2.05) is 0 Å². The number of furan rings is 2. The lowest BCUT2D eigenvalue weighted by Gasteiger charge is -2.36. The van der Waals surface area contributed by atoms with Gasteiger partial charge in [0.25, 0.3) is 0 Å². The molecule has 1 aliphatic carbocycles. The van der Waals surface area contributed by atoms with E-state index >= 15 is 0 Å². The molecule has 0 unspecified atom stereocenters. The largest absolute Gasteiger partial charge is 0.454 e. The zero-order valence-corrected chi connectivity index (χ0v) is 54.3. The van der Waals surface area contributed by atoms with E-state index in [0.29, 0.717) is 0 Å². The molecule has 16 aromatic carbocycles. The summed E-state index contributed by atoms with van der Waals surface area (Å²) in [4.78, 5) is 4.97. The Morgan fingerprint density at radius 2 is 0.680 bits per heavy atom. The molecule has 2 aromatic heterocycles. The molecule has 0 aliphatic heterocycles. The van der Waals surface area contributed by atoms with Gasteiger partial charge in [-0.2, -0.15) is 0 Å². The molecule has 0 spiro atoms. The number of nitrogens with zero attached hydrogens (tertiary/aromatic N) is 2. The van der Waals surface area contributed by atoms with Crippen molar-refractivity contribution < 1.29 is 8.83 Å². The normalized spacial score (nSPS) is 12.7. The predicted octanol–water partition coefficient (Wildman–Crippen LogP) is 21.9. The maximum absolute atomic E-state index is 7.86. The van der Waals surface area contributed by atoms with E-state index in [2.05, 4.69) is 375 Å². The third-order valence-electron chi connectivity index (χ3n) is 20.7. The molecule has 1 aliphatic rings. The van der Waals surface area contributed by atoms with Gasteiger partial charge in [-0.25, -0.2) is 0 Å². The van der Waals surface area contributed by atoms with Gasteiger partial charge in [-0.05, 0) is 125 Å². The van der Waals surface area contributed by atoms with Crippen LogP contribution in [0.15, 0.2) is 367 Å². The van der Waals surface area contributed by atoms with Crippen molar-refractivity contribution in [2.75, 3.05) is 9.80 Å². The Morgan fingerprint density at radius 3 is 1.25 bits per heavy atom. The fourth-order valence-corrected chi connectivity index (χ4v) is 21.6. The van der Waals surface area contributed by atoms with Crippen molar-refractivity contribution in [1.82, 2.24) is 0 Å². The Kier molecular flexibility index (Phi) is 13.0. The van der Waals surface area contributed by atoms with Gasteiger partial charge in [0.2, 0.25) is 0 Å². The van der Waals surface area contributed by atoms with Gasteiger partial charge < -0.3 is 18.6 Å². The topological polar surface area (TPSA) is 32.8 Å². The van der Waals surface area contributed by atoms with E-state index in [0.717, 1.165) is 127 Å². The van der Waals surface area contributed by atoms with Gasteiger partial charge in [-0.15, -0.1) is 0 Å². The molecule has 97 heavy (non-hydrogen) atoms. The number of aryl methyl sites for hydroxylation is 1. The van der Waals surface area contributed by atoms with Crippen molar-refractivity contribution in [3.63, 3.8) is 0 Å². The molecule has 0 fully saturated rings. The number of benzene rings is 16. The van der Waals surface area contributed by atoms with Crippen LogP contribution in [0.5, 0.6) is 0 Å². The van der Waals surface area contributed by atoms with Crippen molar-refractivity contribution in [3.8, 4) is 11.1 Å². The van der Waals surface area contributed by atoms with E-state index < -0.39 is 13.5 Å². The summed E-state index contributed by atoms with van der Waals surface area (Å²) >= 11 is 0. The van der Waals surface area contributed by atoms with Crippen LogP contribution in [0, 0.1) is 6.92 Å². The summed E-state index contributed by atoms with van der Waals surface area (Å²) in [6.07, 6.45) is 0. The average molecular weight is 1260 g/mol. The second kappa shape index (κ2) is 22.5. The van der Waals surface area contributed by atoms with E-state index in [1.54, 1.807) is 0 Å². The third-order valence-corrected chi connectivity index (χ3v) is 25.5. The molecular formula is C92H62N2O2Si. The summed E-state index contributed by atoms with van der Waals surface area (Å²) in [5.74, 6) is 0. The van der Waals surface area contributed by atoms with Crippen LogP contribution in [0.25, 0.3) is 87.3 Å². The fourth-order valence-electron chi connectivity index (χ4n) is 16.7. The number of fused-ring (bicyclic) bond motifs is 13. The van der Waals surface area contributed by atoms with Crippen LogP contribution >= 0.6 is 0 Å². The van der Waals surface area contributed by atoms with E-state index in [1.165, 1.54) is 43.0 Å². The average Bonchev–Trinajstić information content (AvgIpc) is 1.55. The number of rotatable bonds is 12. The summed E-state index contributed by atoms with van der Waals surface area (Å²) in [7, 11) is -3.08. The second-order valence-electron chi connectivity index (χ2n) is 25.7. The quantitative estimate of drug-likeness (QED) is 0.0901. The lowest BCUT2D eigenvalue weighted by Crippen LogP contribution is -2.74. The zero-order chi connectivity index (χ0) is 64.2. The Hall–Kier alpha value is -12.3. The van der Waals surface area contributed by atoms with E-state index in [-0.39, 0.29) is 0 Å². The SMILES string of the molecule is Cc1cccc2c1oc1c(N(c3cccc4ccccc34)c3cc4c(c5ccccc35)-c3ccc(N(c5cccc6ccccc56)c5cccc6c5oc5c([Si](c7ccccc7)(c7ccccc7)c7ccccc7)cccc56)cc3C4(c3ccccc3)c3ccccc3)cccc12. The molecule has 0 bridgehead atoms. The summed E-state index contributed by atoms with van der Waals surface area (Å²) in [5.41, 5.74) is 16.8. The Morgan fingerprint density at radius 1 is 0.278 bits per heavy atom. The lowest BCUT2D eigenvalue weighted by molar-refractivity contribution is 0.666. The first-order chi connectivity index (χ1) is 48.1. The van der Waals surface area contributed by atoms with Gasteiger partial charge >= 0.3 is 0 Å². The van der Waals surface area contributed by atoms with Crippen molar-refractivity contribution >= 4 is 139 Å². The highest BCUT2D eigenvalue weighted by molar-refractivity contribution is 7.20. The first-order valence-electron chi connectivity index (χ1n) is 33.5. The molecule has 19 rings (SSSR count). The molecule has 0 saturated heterocycles. The molecule has 5 heteroatoms. The molecule has 0 radical (unpaired) electrons. The maximum atomic E-state index is 7.86. The summed E-state index contributed by atoms with van der Waals surface area (Å²) in [6, 6.07) is 132. The highest BCUT2D eigenvalue weighted by Crippen LogP contribution is 2.62. The molecule has 0 N–H and O–H groups in total. The summed E-state index contributed by atoms with van der Waals surface area (Å²) < 4.78 is 15.0. The molecule has 2 heterocycles. The van der Waals surface area contributed by atoms with Crippen molar-refractivity contribution in [1.29, 1.82) is 0 Å². The maximum Gasteiger partial charge on any atom is 0.184 e. The first kappa shape index (κ1) is 56.3. The highest BCUT2D eigenvalue weighted by Gasteiger charge is 2.49. The fraction of sp³-hybridized carbons (Fsp3) is 0.0217. The van der Waals surface area contributed by atoms with Gasteiger partial charge in [0.1, 0.15) is 11.2 Å². The van der Waals surface area contributed by atoms with Crippen LogP contribution in [0.4, 0.5) is 34.1 Å². The van der Waals surface area contributed by atoms with Gasteiger partial charge in [-0.1, -0.05) is 315 Å². The van der Waals surface area contributed by atoms with Crippen molar-refractivity contribution in [3.05, 3.63) is 386 Å². The van der Waals surface area contributed by atoms with E-state index in [9.17, 15) is 0 Å². The smallest absolute Gasteiger partial charge is 0.184 e. The minimum Gasteiger partial charge on any atom is -0.454 e. The number of anilines is 6. The molecule has 456 valence electrons. The molecule has 4 nitrogen and oxygen atoms in total. The van der Waals surface area contributed by atoms with E-state index in [4.69, 9.17) is 8.83 Å². The number of hydrogen-bond acceptors (Lipinski definition) is 4. The molecule has 0 atom stereocenters. The Labute approximate surface area is 563 Å². The van der Waals surface area contributed by atoms with Gasteiger partial charge in [-0.3, -0.25) is 0 Å². The van der Waals surface area contributed by atoms with Crippen LogP contribution in [-0.2, 0) is 5.41 Å². The summed E-state index contributed by atoms with van der Waals surface area (Å²) in [5, 5.41) is 16.2. The van der Waals surface area contributed by atoms with Crippen LogP contribution in [0.1, 0.15) is 27.8 Å². The zero-order valence-electron chi connectivity index (χ0n) is 53.3. The Balaban J connectivity index is 0.903. The van der Waals surface area contributed by atoms with Crippen LogP contribution in [0.3, 0.4) is 0 Å². The molecule has 18 aromatic rings. The van der Waals surface area contributed by atoms with Gasteiger partial charge in [0.05, 0.1) is 33.9 Å².